The molecule has 1 nitrogen and oxygen atoms in total. The van der Waals surface area contributed by atoms with E-state index in [-0.39, 0.29) is 5.60 Å². The maximum Gasteiger partial charge on any atom is 0.106 e. The molecule has 0 fully saturated rings. The highest BCUT2D eigenvalue weighted by Gasteiger charge is 2.35. The fourth-order valence-electron chi connectivity index (χ4n) is 4.33. The summed E-state index contributed by atoms with van der Waals surface area (Å²) in [5, 5.41) is 0. The zero-order valence-electron chi connectivity index (χ0n) is 19.4. The van der Waals surface area contributed by atoms with Crippen LogP contribution in [0.4, 0.5) is 0 Å². The van der Waals surface area contributed by atoms with Crippen LogP contribution in [0.15, 0.2) is 46.8 Å². The second-order valence-corrected chi connectivity index (χ2v) is 9.58. The van der Waals surface area contributed by atoms with E-state index < -0.39 is 0 Å². The van der Waals surface area contributed by atoms with Crippen LogP contribution in [-0.2, 0) is 4.74 Å². The van der Waals surface area contributed by atoms with Gasteiger partial charge in [-0.15, -0.1) is 0 Å². The molecule has 3 atom stereocenters. The standard InChI is InChI=1S/C27H44O/c1-7-8-9-12-21(2)13-10-14-22(3)15-11-19-27(6)20-18-25-17-16-23(4)24(5)26(25)28-27/h13,15-17,23-24H,7-12,14,18-20H2,1-6H3/b21-13+,22-15+. The van der Waals surface area contributed by atoms with E-state index in [2.05, 4.69) is 65.8 Å². The summed E-state index contributed by atoms with van der Waals surface area (Å²) < 4.78 is 6.59. The SMILES string of the molecule is CCCCC/C(C)=C/CC/C(C)=C/CCC1(C)CCC2=C(O1)C(C)C(C)C=C2. The van der Waals surface area contributed by atoms with Crippen LogP contribution in [-0.4, -0.2) is 5.60 Å². The van der Waals surface area contributed by atoms with Crippen molar-refractivity contribution >= 4 is 0 Å². The van der Waals surface area contributed by atoms with Gasteiger partial charge in [0.2, 0.25) is 0 Å². The fraction of sp³-hybridized carbons (Fsp3) is 0.704. The molecule has 0 radical (unpaired) electrons. The van der Waals surface area contributed by atoms with E-state index in [0.717, 1.165) is 19.3 Å². The average Bonchev–Trinajstić information content (AvgIpc) is 2.65. The lowest BCUT2D eigenvalue weighted by atomic mass is 9.80. The van der Waals surface area contributed by atoms with Gasteiger partial charge in [0, 0.05) is 5.92 Å². The molecule has 0 aromatic rings. The number of rotatable bonds is 10. The summed E-state index contributed by atoms with van der Waals surface area (Å²) >= 11 is 0. The second-order valence-electron chi connectivity index (χ2n) is 9.58. The molecule has 0 amide bonds. The van der Waals surface area contributed by atoms with Gasteiger partial charge in [-0.05, 0) is 83.6 Å². The summed E-state index contributed by atoms with van der Waals surface area (Å²) in [5.41, 5.74) is 4.54. The van der Waals surface area contributed by atoms with Gasteiger partial charge in [0.15, 0.2) is 0 Å². The van der Waals surface area contributed by atoms with Crippen LogP contribution in [0, 0.1) is 11.8 Å². The minimum absolute atomic E-state index is 0.00451. The van der Waals surface area contributed by atoms with Crippen LogP contribution < -0.4 is 0 Å². The Morgan fingerprint density at radius 1 is 1.11 bits per heavy atom. The van der Waals surface area contributed by atoms with Crippen LogP contribution in [0.3, 0.4) is 0 Å². The van der Waals surface area contributed by atoms with E-state index in [1.54, 1.807) is 5.57 Å². The van der Waals surface area contributed by atoms with Crippen molar-refractivity contribution in [3.05, 3.63) is 46.8 Å². The highest BCUT2D eigenvalue weighted by Crippen LogP contribution is 2.42. The van der Waals surface area contributed by atoms with E-state index in [1.165, 1.54) is 61.9 Å². The van der Waals surface area contributed by atoms with Crippen molar-refractivity contribution in [2.45, 2.75) is 111 Å². The average molecular weight is 385 g/mol. The van der Waals surface area contributed by atoms with Gasteiger partial charge in [0.25, 0.3) is 0 Å². The molecule has 0 spiro atoms. The van der Waals surface area contributed by atoms with Gasteiger partial charge in [0.05, 0.1) is 0 Å². The molecule has 0 aromatic carbocycles. The lowest BCUT2D eigenvalue weighted by Gasteiger charge is -2.41. The lowest BCUT2D eigenvalue weighted by Crippen LogP contribution is -2.35. The molecule has 0 saturated carbocycles. The molecule has 1 aliphatic heterocycles. The normalized spacial score (nSPS) is 28.4. The minimum Gasteiger partial charge on any atom is -0.491 e. The van der Waals surface area contributed by atoms with Gasteiger partial charge in [-0.25, -0.2) is 0 Å². The Bertz CT molecular complexity index is 618. The maximum atomic E-state index is 6.59. The Morgan fingerprint density at radius 3 is 2.57 bits per heavy atom. The van der Waals surface area contributed by atoms with E-state index in [9.17, 15) is 0 Å². The first-order chi connectivity index (χ1) is 13.3. The largest absolute Gasteiger partial charge is 0.491 e. The number of hydrogen-bond donors (Lipinski definition) is 0. The van der Waals surface area contributed by atoms with Crippen LogP contribution >= 0.6 is 0 Å². The molecule has 0 aromatic heterocycles. The van der Waals surface area contributed by atoms with Gasteiger partial charge in [-0.3, -0.25) is 0 Å². The smallest absolute Gasteiger partial charge is 0.106 e. The molecule has 1 aliphatic carbocycles. The van der Waals surface area contributed by atoms with Crippen molar-refractivity contribution < 1.29 is 4.74 Å². The van der Waals surface area contributed by atoms with Crippen LogP contribution in [0.25, 0.3) is 0 Å². The fourth-order valence-corrected chi connectivity index (χ4v) is 4.33. The summed E-state index contributed by atoms with van der Waals surface area (Å²) in [6, 6.07) is 0. The van der Waals surface area contributed by atoms with E-state index in [1.807, 2.05) is 0 Å². The van der Waals surface area contributed by atoms with E-state index in [4.69, 9.17) is 4.74 Å². The molecular formula is C27H44O. The summed E-state index contributed by atoms with van der Waals surface area (Å²) in [4.78, 5) is 0. The predicted octanol–water partition coefficient (Wildman–Crippen LogP) is 8.68. The number of allylic oxidation sites excluding steroid dienone is 8. The molecular weight excluding hydrogens is 340 g/mol. The monoisotopic (exact) mass is 384 g/mol. The van der Waals surface area contributed by atoms with Crippen LogP contribution in [0.2, 0.25) is 0 Å². The molecule has 0 bridgehead atoms. The summed E-state index contributed by atoms with van der Waals surface area (Å²) in [6.45, 7) is 13.8. The van der Waals surface area contributed by atoms with Gasteiger partial charge >= 0.3 is 0 Å². The van der Waals surface area contributed by atoms with Gasteiger partial charge < -0.3 is 4.74 Å². The molecule has 28 heavy (non-hydrogen) atoms. The maximum absolute atomic E-state index is 6.59. The first-order valence-corrected chi connectivity index (χ1v) is 11.8. The third-order valence-corrected chi connectivity index (χ3v) is 6.77. The molecule has 0 N–H and O–H groups in total. The summed E-state index contributed by atoms with van der Waals surface area (Å²) in [6.07, 6.45) is 21.8. The van der Waals surface area contributed by atoms with Crippen molar-refractivity contribution in [1.29, 1.82) is 0 Å². The Balaban J connectivity index is 1.76. The zero-order chi connectivity index (χ0) is 20.6. The zero-order valence-corrected chi connectivity index (χ0v) is 19.4. The highest BCUT2D eigenvalue weighted by atomic mass is 16.5. The molecule has 0 saturated heterocycles. The Labute approximate surface area is 175 Å². The molecule has 1 heteroatoms. The third-order valence-electron chi connectivity index (χ3n) is 6.77. The number of hydrogen-bond acceptors (Lipinski definition) is 1. The van der Waals surface area contributed by atoms with Crippen molar-refractivity contribution in [2.24, 2.45) is 11.8 Å². The molecule has 2 aliphatic rings. The quantitative estimate of drug-likeness (QED) is 0.270. The molecule has 2 rings (SSSR count). The summed E-state index contributed by atoms with van der Waals surface area (Å²) in [7, 11) is 0. The van der Waals surface area contributed by atoms with Crippen LogP contribution in [0.1, 0.15) is 106 Å². The van der Waals surface area contributed by atoms with Crippen LogP contribution in [0.5, 0.6) is 0 Å². The van der Waals surface area contributed by atoms with Gasteiger partial charge in [-0.2, -0.15) is 0 Å². The van der Waals surface area contributed by atoms with Gasteiger partial charge in [-0.1, -0.05) is 69.1 Å². The molecule has 1 heterocycles. The third kappa shape index (κ3) is 6.98. The first kappa shape index (κ1) is 23.0. The van der Waals surface area contributed by atoms with E-state index in [0.29, 0.717) is 11.8 Å². The number of unbranched alkanes of at least 4 members (excludes halogenated alkanes) is 2. The minimum atomic E-state index is 0.00451. The predicted molar refractivity (Wildman–Crippen MR) is 123 cm³/mol. The first-order valence-electron chi connectivity index (χ1n) is 11.8. The summed E-state index contributed by atoms with van der Waals surface area (Å²) in [5.74, 6) is 2.37. The highest BCUT2D eigenvalue weighted by molar-refractivity contribution is 5.31. The van der Waals surface area contributed by atoms with Crippen molar-refractivity contribution in [3.8, 4) is 0 Å². The Kier molecular flexibility index (Phi) is 9.12. The number of ether oxygens (including phenoxy) is 1. The molecule has 158 valence electrons. The lowest BCUT2D eigenvalue weighted by molar-refractivity contribution is -0.0261. The van der Waals surface area contributed by atoms with Crippen molar-refractivity contribution in [1.82, 2.24) is 0 Å². The topological polar surface area (TPSA) is 9.23 Å². The van der Waals surface area contributed by atoms with Crippen molar-refractivity contribution in [3.63, 3.8) is 0 Å². The van der Waals surface area contributed by atoms with Crippen molar-refractivity contribution in [2.75, 3.05) is 0 Å². The second kappa shape index (κ2) is 11.1. The Morgan fingerprint density at radius 2 is 1.82 bits per heavy atom. The Hall–Kier alpha value is -1.24. The van der Waals surface area contributed by atoms with Gasteiger partial charge in [0.1, 0.15) is 11.4 Å². The van der Waals surface area contributed by atoms with E-state index >= 15 is 0 Å². The molecule has 3 unspecified atom stereocenters.